The van der Waals surface area contributed by atoms with E-state index < -0.39 is 11.7 Å². The first-order valence-electron chi connectivity index (χ1n) is 8.88. The number of β-amino-alcohol motifs (C(OH)–C–C–N with tert-alkyl or cyclic N) is 1. The van der Waals surface area contributed by atoms with E-state index in [2.05, 4.69) is 9.64 Å². The molecule has 2 aromatic carbocycles. The van der Waals surface area contributed by atoms with Crippen LogP contribution in [0.25, 0.3) is 0 Å². The van der Waals surface area contributed by atoms with E-state index in [1.54, 1.807) is 24.3 Å². The molecule has 1 atom stereocenters. The number of hydrogen-bond acceptors (Lipinski definition) is 5. The first-order chi connectivity index (χ1) is 12.5. The average Bonchev–Trinajstić information content (AvgIpc) is 2.70. The fraction of sp³-hybridized carbons (Fsp3) is 0.381. The zero-order valence-electron chi connectivity index (χ0n) is 15.0. The number of carbonyl (C=O) groups is 1. The Morgan fingerprint density at radius 1 is 1.12 bits per heavy atom. The Kier molecular flexibility index (Phi) is 5.71. The maximum Gasteiger partial charge on any atom is 0.337 e. The van der Waals surface area contributed by atoms with Crippen molar-refractivity contribution < 1.29 is 19.7 Å². The maximum absolute atomic E-state index is 11.5. The van der Waals surface area contributed by atoms with E-state index in [9.17, 15) is 15.0 Å². The molecule has 1 fully saturated rings. The summed E-state index contributed by atoms with van der Waals surface area (Å²) in [7, 11) is 1.35. The molecule has 5 nitrogen and oxygen atoms in total. The summed E-state index contributed by atoms with van der Waals surface area (Å²) in [6, 6.07) is 16.6. The van der Waals surface area contributed by atoms with Crippen LogP contribution in [0.1, 0.15) is 40.4 Å². The van der Waals surface area contributed by atoms with Gasteiger partial charge in [-0.25, -0.2) is 4.79 Å². The molecule has 0 bridgehead atoms. The fourth-order valence-electron chi connectivity index (χ4n) is 3.45. The Morgan fingerprint density at radius 2 is 1.73 bits per heavy atom. The van der Waals surface area contributed by atoms with Gasteiger partial charge in [-0.05, 0) is 36.1 Å². The van der Waals surface area contributed by atoms with Gasteiger partial charge in [-0.1, -0.05) is 42.5 Å². The van der Waals surface area contributed by atoms with Gasteiger partial charge in [-0.2, -0.15) is 0 Å². The molecule has 138 valence electrons. The Morgan fingerprint density at radius 3 is 2.31 bits per heavy atom. The summed E-state index contributed by atoms with van der Waals surface area (Å²) in [4.78, 5) is 13.6. The predicted octanol–water partition coefficient (Wildman–Crippen LogP) is 2.49. The molecule has 0 aromatic heterocycles. The largest absolute Gasteiger partial charge is 0.465 e. The fourth-order valence-corrected chi connectivity index (χ4v) is 3.45. The predicted molar refractivity (Wildman–Crippen MR) is 98.8 cm³/mol. The van der Waals surface area contributed by atoms with Crippen molar-refractivity contribution in [2.24, 2.45) is 0 Å². The monoisotopic (exact) mass is 355 g/mol. The van der Waals surface area contributed by atoms with Crippen LogP contribution in [-0.4, -0.2) is 47.8 Å². The Labute approximate surface area is 153 Å². The second-order valence-electron chi connectivity index (χ2n) is 6.83. The number of ether oxygens (including phenoxy) is 1. The number of benzene rings is 2. The summed E-state index contributed by atoms with van der Waals surface area (Å²) < 4.78 is 4.68. The van der Waals surface area contributed by atoms with Gasteiger partial charge in [0.2, 0.25) is 0 Å². The lowest BCUT2D eigenvalue weighted by atomic mass is 9.84. The van der Waals surface area contributed by atoms with Crippen molar-refractivity contribution in [2.45, 2.75) is 24.5 Å². The van der Waals surface area contributed by atoms with Crippen molar-refractivity contribution in [3.05, 3.63) is 71.3 Å². The van der Waals surface area contributed by atoms with Crippen LogP contribution in [0, 0.1) is 0 Å². The molecule has 3 rings (SSSR count). The highest BCUT2D eigenvalue weighted by Gasteiger charge is 2.34. The third-order valence-electron chi connectivity index (χ3n) is 5.14. The molecule has 2 N–H and O–H groups in total. The van der Waals surface area contributed by atoms with Crippen LogP contribution >= 0.6 is 0 Å². The number of methoxy groups -OCH3 is 1. The third-order valence-corrected chi connectivity index (χ3v) is 5.14. The molecule has 2 aromatic rings. The van der Waals surface area contributed by atoms with Crippen molar-refractivity contribution in [1.82, 2.24) is 4.90 Å². The van der Waals surface area contributed by atoms with Crippen molar-refractivity contribution >= 4 is 5.97 Å². The summed E-state index contributed by atoms with van der Waals surface area (Å²) in [5.74, 6) is -0.387. The highest BCUT2D eigenvalue weighted by molar-refractivity contribution is 5.89. The third kappa shape index (κ3) is 4.12. The molecular weight excluding hydrogens is 330 g/mol. The van der Waals surface area contributed by atoms with Crippen LogP contribution < -0.4 is 0 Å². The first kappa shape index (κ1) is 18.6. The van der Waals surface area contributed by atoms with E-state index in [0.29, 0.717) is 24.9 Å². The number of aliphatic hydroxyl groups is 2. The van der Waals surface area contributed by atoms with Crippen molar-refractivity contribution in [3.63, 3.8) is 0 Å². The average molecular weight is 355 g/mol. The SMILES string of the molecule is COC(=O)c1ccc(C(O)CN2CCC(O)(c3ccccc3)CC2)cc1. The van der Waals surface area contributed by atoms with Gasteiger partial charge >= 0.3 is 5.97 Å². The highest BCUT2D eigenvalue weighted by Crippen LogP contribution is 2.33. The van der Waals surface area contributed by atoms with E-state index in [4.69, 9.17) is 0 Å². The second kappa shape index (κ2) is 7.99. The van der Waals surface area contributed by atoms with E-state index in [0.717, 1.165) is 24.2 Å². The number of nitrogens with zero attached hydrogens (tertiary/aromatic N) is 1. The van der Waals surface area contributed by atoms with E-state index >= 15 is 0 Å². The minimum atomic E-state index is -0.787. The van der Waals surface area contributed by atoms with Gasteiger partial charge in [-0.3, -0.25) is 0 Å². The van der Waals surface area contributed by atoms with Gasteiger partial charge in [0.25, 0.3) is 0 Å². The Balaban J connectivity index is 1.56. The Bertz CT molecular complexity index is 721. The van der Waals surface area contributed by atoms with Crippen LogP contribution in [0.4, 0.5) is 0 Å². The molecular formula is C21H25NO4. The van der Waals surface area contributed by atoms with E-state index in [1.165, 1.54) is 7.11 Å². The molecule has 26 heavy (non-hydrogen) atoms. The Hall–Kier alpha value is -2.21. The minimum absolute atomic E-state index is 0.387. The summed E-state index contributed by atoms with van der Waals surface area (Å²) in [5, 5.41) is 21.4. The quantitative estimate of drug-likeness (QED) is 0.807. The number of rotatable bonds is 5. The zero-order valence-corrected chi connectivity index (χ0v) is 15.0. The molecule has 0 saturated carbocycles. The lowest BCUT2D eigenvalue weighted by Gasteiger charge is -2.39. The van der Waals surface area contributed by atoms with Crippen molar-refractivity contribution in [2.75, 3.05) is 26.7 Å². The number of carbonyl (C=O) groups excluding carboxylic acids is 1. The lowest BCUT2D eigenvalue weighted by Crippen LogP contribution is -2.43. The molecule has 0 radical (unpaired) electrons. The molecule has 1 unspecified atom stereocenters. The number of piperidine rings is 1. The van der Waals surface area contributed by atoms with E-state index in [1.807, 2.05) is 30.3 Å². The molecule has 5 heteroatoms. The molecule has 1 aliphatic heterocycles. The normalized spacial score (nSPS) is 18.3. The van der Waals surface area contributed by atoms with Crippen LogP contribution in [0.3, 0.4) is 0 Å². The molecule has 0 spiro atoms. The number of likely N-dealkylation sites (tertiary alicyclic amines) is 1. The van der Waals surface area contributed by atoms with Crippen molar-refractivity contribution in [3.8, 4) is 0 Å². The van der Waals surface area contributed by atoms with Gasteiger partial charge in [0.15, 0.2) is 0 Å². The smallest absolute Gasteiger partial charge is 0.337 e. The van der Waals surface area contributed by atoms with Crippen molar-refractivity contribution in [1.29, 1.82) is 0 Å². The van der Waals surface area contributed by atoms with Gasteiger partial charge in [0.05, 0.1) is 24.4 Å². The summed E-state index contributed by atoms with van der Waals surface area (Å²) in [6.45, 7) is 1.95. The second-order valence-corrected chi connectivity index (χ2v) is 6.83. The number of hydrogen-bond donors (Lipinski definition) is 2. The highest BCUT2D eigenvalue weighted by atomic mass is 16.5. The molecule has 1 aliphatic rings. The van der Waals surface area contributed by atoms with Gasteiger partial charge < -0.3 is 19.8 Å². The zero-order chi connectivity index (χ0) is 18.6. The molecule has 1 saturated heterocycles. The van der Waals surface area contributed by atoms with Crippen LogP contribution in [-0.2, 0) is 10.3 Å². The maximum atomic E-state index is 11.5. The van der Waals surface area contributed by atoms with Gasteiger partial charge in [0.1, 0.15) is 0 Å². The summed E-state index contributed by atoms with van der Waals surface area (Å²) in [5.41, 5.74) is 1.40. The molecule has 1 heterocycles. The van der Waals surface area contributed by atoms with Gasteiger partial charge in [0, 0.05) is 19.6 Å². The standard InChI is InChI=1S/C21H25NO4/c1-26-20(24)17-9-7-16(8-10-17)19(23)15-22-13-11-21(25,12-14-22)18-5-3-2-4-6-18/h2-10,19,23,25H,11-15H2,1H3. The summed E-state index contributed by atoms with van der Waals surface area (Å²) >= 11 is 0. The van der Waals surface area contributed by atoms with E-state index in [-0.39, 0.29) is 5.97 Å². The van der Waals surface area contributed by atoms with Gasteiger partial charge in [-0.15, -0.1) is 0 Å². The first-order valence-corrected chi connectivity index (χ1v) is 8.88. The topological polar surface area (TPSA) is 70.0 Å². The minimum Gasteiger partial charge on any atom is -0.465 e. The molecule has 0 aliphatic carbocycles. The number of aliphatic hydroxyl groups excluding tert-OH is 1. The van der Waals surface area contributed by atoms with Crippen LogP contribution in [0.2, 0.25) is 0 Å². The number of esters is 1. The molecule has 0 amide bonds. The lowest BCUT2D eigenvalue weighted by molar-refractivity contribution is -0.0344. The summed E-state index contributed by atoms with van der Waals surface area (Å²) in [6.07, 6.45) is 0.653. The van der Waals surface area contributed by atoms with Crippen LogP contribution in [0.5, 0.6) is 0 Å². The van der Waals surface area contributed by atoms with Crippen LogP contribution in [0.15, 0.2) is 54.6 Å².